The van der Waals surface area contributed by atoms with E-state index >= 15 is 0 Å². The van der Waals surface area contributed by atoms with Gasteiger partial charge in [-0.05, 0) is 45.4 Å². The number of benzene rings is 2. The Kier molecular flexibility index (Phi) is 11.2. The lowest BCUT2D eigenvalue weighted by atomic mass is 9.42. The smallest absolute Gasteiger partial charge is 0.408 e. The molecule has 15 nitrogen and oxygen atoms in total. The number of aliphatic hydroxyl groups excluding tert-OH is 2. The molecule has 1 saturated heterocycles. The average molecular weight is 808 g/mol. The number of carbonyl (C=O) groups excluding carboxylic acids is 6. The molecule has 1 aliphatic heterocycles. The Bertz CT molecular complexity index is 1950. The van der Waals surface area contributed by atoms with Gasteiger partial charge in [-0.1, -0.05) is 69.3 Å². The van der Waals surface area contributed by atoms with Crippen LogP contribution in [0.5, 0.6) is 0 Å². The predicted molar refractivity (Wildman–Crippen MR) is 203 cm³/mol. The van der Waals surface area contributed by atoms with Crippen LogP contribution in [0.15, 0.2) is 60.7 Å². The van der Waals surface area contributed by atoms with E-state index in [1.807, 2.05) is 0 Å². The lowest BCUT2D eigenvalue weighted by Gasteiger charge is -2.67. The molecule has 2 aromatic rings. The molecule has 12 atom stereocenters. The van der Waals surface area contributed by atoms with Crippen molar-refractivity contribution in [3.05, 3.63) is 71.8 Å². The van der Waals surface area contributed by atoms with Crippen LogP contribution >= 0.6 is 0 Å². The zero-order valence-corrected chi connectivity index (χ0v) is 33.9. The molecule has 2 aromatic carbocycles. The number of rotatable bonds is 8. The Morgan fingerprint density at radius 3 is 2.10 bits per heavy atom. The van der Waals surface area contributed by atoms with Gasteiger partial charge in [0.1, 0.15) is 29.5 Å². The molecule has 3 saturated carbocycles. The highest BCUT2D eigenvalue weighted by Crippen LogP contribution is 2.64. The Labute approximate surface area is 336 Å². The number of hydrogen-bond donors (Lipinski definition) is 4. The van der Waals surface area contributed by atoms with Gasteiger partial charge in [0.25, 0.3) is 0 Å². The van der Waals surface area contributed by atoms with Gasteiger partial charge >= 0.3 is 24.0 Å². The largest absolute Gasteiger partial charge is 0.460 e. The average Bonchev–Trinajstić information content (AvgIpc) is 3.14. The van der Waals surface area contributed by atoms with E-state index in [4.69, 9.17) is 23.7 Å². The molecule has 4 aliphatic rings. The first kappa shape index (κ1) is 42.9. The van der Waals surface area contributed by atoms with Gasteiger partial charge in [-0.2, -0.15) is 0 Å². The third kappa shape index (κ3) is 7.09. The summed E-state index contributed by atoms with van der Waals surface area (Å²) < 4.78 is 29.5. The zero-order chi connectivity index (χ0) is 42.7. The third-order valence-electron chi connectivity index (χ3n) is 12.9. The van der Waals surface area contributed by atoms with E-state index in [9.17, 15) is 44.1 Å². The molecule has 15 heteroatoms. The number of ketones is 2. The lowest BCUT2D eigenvalue weighted by Crippen LogP contribution is -2.82. The van der Waals surface area contributed by atoms with Crippen molar-refractivity contribution in [1.82, 2.24) is 5.32 Å². The quantitative estimate of drug-likeness (QED) is 0.171. The second-order valence-corrected chi connectivity index (χ2v) is 17.9. The molecule has 0 spiro atoms. The summed E-state index contributed by atoms with van der Waals surface area (Å²) in [5.41, 5.74) is -8.31. The monoisotopic (exact) mass is 807 g/mol. The first-order valence-corrected chi connectivity index (χ1v) is 19.5. The number of Topliss-reactive ketones (excluding diaryl/α,β-unsaturated/α-hetero) is 2. The molecule has 314 valence electrons. The van der Waals surface area contributed by atoms with Crippen molar-refractivity contribution in [2.45, 2.75) is 122 Å². The van der Waals surface area contributed by atoms with E-state index < -0.39 is 124 Å². The maximum Gasteiger partial charge on any atom is 0.408 e. The minimum atomic E-state index is -2.36. The fourth-order valence-corrected chi connectivity index (χ4v) is 9.87. The molecule has 4 N–H and O–H groups in total. The minimum Gasteiger partial charge on any atom is -0.460 e. The molecule has 1 amide bonds. The molecule has 7 unspecified atom stereocenters. The van der Waals surface area contributed by atoms with Crippen molar-refractivity contribution < 1.29 is 67.8 Å². The van der Waals surface area contributed by atoms with Crippen LogP contribution in [0.4, 0.5) is 4.79 Å². The van der Waals surface area contributed by atoms with Gasteiger partial charge in [0.05, 0.1) is 35.6 Å². The number of alkyl carbamates (subject to hydrolysis) is 1. The fraction of sp³-hybridized carbons (Fsp3) is 0.581. The van der Waals surface area contributed by atoms with Gasteiger partial charge in [-0.25, -0.2) is 14.4 Å². The van der Waals surface area contributed by atoms with Gasteiger partial charge in [0, 0.05) is 37.0 Å². The molecule has 3 aliphatic carbocycles. The number of aliphatic hydroxyl groups is 3. The van der Waals surface area contributed by atoms with Crippen LogP contribution in [0.25, 0.3) is 0 Å². The second kappa shape index (κ2) is 15.2. The van der Waals surface area contributed by atoms with E-state index in [-0.39, 0.29) is 18.6 Å². The first-order chi connectivity index (χ1) is 27.0. The lowest BCUT2D eigenvalue weighted by molar-refractivity contribution is -0.350. The number of ether oxygens (including phenoxy) is 5. The van der Waals surface area contributed by atoms with Crippen LogP contribution in [-0.2, 0) is 42.9 Å². The van der Waals surface area contributed by atoms with Crippen molar-refractivity contribution in [3.63, 3.8) is 0 Å². The number of carbonyl (C=O) groups is 6. The Hall–Kier alpha value is -4.70. The molecule has 4 fully saturated rings. The highest BCUT2D eigenvalue weighted by Gasteiger charge is 2.79. The summed E-state index contributed by atoms with van der Waals surface area (Å²) in [7, 11) is 0. The van der Waals surface area contributed by atoms with E-state index in [1.165, 1.54) is 19.1 Å². The summed E-state index contributed by atoms with van der Waals surface area (Å²) in [6.07, 6.45) is -9.48. The number of hydrogen-bond acceptors (Lipinski definition) is 14. The van der Waals surface area contributed by atoms with E-state index in [1.54, 1.807) is 90.1 Å². The number of fused-ring (bicyclic) bond motifs is 5. The van der Waals surface area contributed by atoms with Crippen molar-refractivity contribution in [2.24, 2.45) is 28.6 Å². The number of esters is 3. The Balaban J connectivity index is 1.46. The van der Waals surface area contributed by atoms with Crippen LogP contribution in [0.2, 0.25) is 0 Å². The van der Waals surface area contributed by atoms with Crippen molar-refractivity contribution in [2.75, 3.05) is 6.61 Å². The highest BCUT2D eigenvalue weighted by atomic mass is 16.6. The van der Waals surface area contributed by atoms with Crippen LogP contribution in [-0.4, -0.2) is 105 Å². The van der Waals surface area contributed by atoms with Gasteiger partial charge in [0.15, 0.2) is 11.7 Å². The maximum atomic E-state index is 14.9. The van der Waals surface area contributed by atoms with Crippen LogP contribution in [0, 0.1) is 28.6 Å². The number of nitrogens with one attached hydrogen (secondary N) is 1. The van der Waals surface area contributed by atoms with Gasteiger partial charge in [-0.3, -0.25) is 14.4 Å². The van der Waals surface area contributed by atoms with Gasteiger partial charge < -0.3 is 44.3 Å². The molecule has 58 heavy (non-hydrogen) atoms. The molecule has 0 aromatic heterocycles. The second-order valence-electron chi connectivity index (χ2n) is 17.9. The third-order valence-corrected chi connectivity index (χ3v) is 12.9. The maximum absolute atomic E-state index is 14.9. The van der Waals surface area contributed by atoms with E-state index in [2.05, 4.69) is 5.32 Å². The van der Waals surface area contributed by atoms with E-state index in [0.717, 1.165) is 6.92 Å². The Morgan fingerprint density at radius 2 is 1.55 bits per heavy atom. The molecular weight excluding hydrogens is 754 g/mol. The minimum absolute atomic E-state index is 0.0747. The summed E-state index contributed by atoms with van der Waals surface area (Å²) in [4.78, 5) is 83.6. The van der Waals surface area contributed by atoms with Gasteiger partial charge in [0.2, 0.25) is 11.6 Å². The first-order valence-electron chi connectivity index (χ1n) is 19.5. The molecule has 2 bridgehead atoms. The molecule has 0 radical (unpaired) electrons. The predicted octanol–water partition coefficient (Wildman–Crippen LogP) is 3.40. The van der Waals surface area contributed by atoms with Crippen LogP contribution in [0.3, 0.4) is 0 Å². The summed E-state index contributed by atoms with van der Waals surface area (Å²) in [6.45, 7) is 11.8. The summed E-state index contributed by atoms with van der Waals surface area (Å²) in [6, 6.07) is 14.6. The topological polar surface area (TPSA) is 221 Å². The van der Waals surface area contributed by atoms with Crippen molar-refractivity contribution in [3.8, 4) is 0 Å². The molecule has 1 heterocycles. The summed E-state index contributed by atoms with van der Waals surface area (Å²) in [5.74, 6) is -8.93. The van der Waals surface area contributed by atoms with Crippen LogP contribution in [0.1, 0.15) is 90.2 Å². The Morgan fingerprint density at radius 1 is 0.948 bits per heavy atom. The standard InChI is InChI=1S/C43H53NO14/c1-22-26(55-37(51)32(48)30(24-15-11-9-12-16-24)44-38(52)58-39(3,4)5)20-43(53)35(56-36(50)25-17-13-10-14-18-25)33-41(8,34(49)31(47)29(22)40(43,6)7)27(46)19-28-42(33,21-54-28)57-23(2)45/h9-18,22,26-30,32-33,35,46,48,53H,19-21H2,1-8H3,(H,44,52)/t22?,26?,27-,28+,29?,30?,32?,33?,35?,41+,42-,43+/m0/s1. The molecule has 6 rings (SSSR count). The van der Waals surface area contributed by atoms with E-state index in [0.29, 0.717) is 5.56 Å². The zero-order valence-electron chi connectivity index (χ0n) is 33.9. The van der Waals surface area contributed by atoms with Crippen LogP contribution < -0.4 is 5.32 Å². The van der Waals surface area contributed by atoms with Crippen molar-refractivity contribution >= 4 is 35.6 Å². The summed E-state index contributed by atoms with van der Waals surface area (Å²) >= 11 is 0. The SMILES string of the molecule is CC(=O)O[C@@]12CO[C@@H]1C[C@H](O)[C@@]1(C)C(=O)C(=O)C3C(C)C(OC(=O)C(O)C(NC(=O)OC(C)(C)C)c4ccccc4)C[C@@](O)(C(OC(=O)c4ccccc4)C12)C3(C)C. The highest BCUT2D eigenvalue weighted by molar-refractivity contribution is 6.40. The fourth-order valence-electron chi connectivity index (χ4n) is 9.87. The summed E-state index contributed by atoms with van der Waals surface area (Å²) in [5, 5.41) is 39.3. The molecular formula is C43H53NO14. The van der Waals surface area contributed by atoms with Crippen molar-refractivity contribution in [1.29, 1.82) is 0 Å². The number of amides is 1. The van der Waals surface area contributed by atoms with Gasteiger partial charge in [-0.15, -0.1) is 0 Å². The normalized spacial score (nSPS) is 34.9.